The highest BCUT2D eigenvalue weighted by atomic mass is 79.9. The van der Waals surface area contributed by atoms with Crippen LogP contribution in [0.25, 0.3) is 0 Å². The SMILES string of the molecule is O=C(CCBr)c1cc(OC(F)F)ccc1O. The molecule has 0 atom stereocenters. The Hall–Kier alpha value is -1.17. The Morgan fingerprint density at radius 1 is 1.50 bits per heavy atom. The largest absolute Gasteiger partial charge is 0.507 e. The summed E-state index contributed by atoms with van der Waals surface area (Å²) in [6.45, 7) is -2.95. The molecule has 0 bridgehead atoms. The number of Topliss-reactive ketones (excluding diaryl/α,β-unsaturated/α-hetero) is 1. The number of phenols is 1. The molecule has 0 aliphatic heterocycles. The minimum atomic E-state index is -2.95. The van der Waals surface area contributed by atoms with Crippen LogP contribution in [-0.2, 0) is 0 Å². The van der Waals surface area contributed by atoms with Crippen LogP contribution < -0.4 is 4.74 Å². The van der Waals surface area contributed by atoms with Gasteiger partial charge in [0.05, 0.1) is 5.56 Å². The average Bonchev–Trinajstić information content (AvgIpc) is 2.20. The van der Waals surface area contributed by atoms with Crippen LogP contribution in [0.4, 0.5) is 8.78 Å². The number of phenolic OH excluding ortho intramolecular Hbond substituents is 1. The van der Waals surface area contributed by atoms with Crippen molar-refractivity contribution in [3.8, 4) is 11.5 Å². The van der Waals surface area contributed by atoms with E-state index in [1.165, 1.54) is 6.07 Å². The van der Waals surface area contributed by atoms with Crippen molar-refractivity contribution in [1.82, 2.24) is 0 Å². The molecule has 0 amide bonds. The Morgan fingerprint density at radius 3 is 2.75 bits per heavy atom. The van der Waals surface area contributed by atoms with Gasteiger partial charge in [-0.15, -0.1) is 0 Å². The number of carbonyl (C=O) groups excluding carboxylic acids is 1. The van der Waals surface area contributed by atoms with Crippen molar-refractivity contribution in [1.29, 1.82) is 0 Å². The fourth-order valence-electron chi connectivity index (χ4n) is 1.14. The number of benzene rings is 1. The Balaban J connectivity index is 2.94. The van der Waals surface area contributed by atoms with Gasteiger partial charge in [0, 0.05) is 11.8 Å². The van der Waals surface area contributed by atoms with Crippen LogP contribution >= 0.6 is 15.9 Å². The number of alkyl halides is 3. The molecule has 1 aromatic rings. The molecule has 16 heavy (non-hydrogen) atoms. The monoisotopic (exact) mass is 294 g/mol. The minimum absolute atomic E-state index is 0.0161. The van der Waals surface area contributed by atoms with E-state index in [1.54, 1.807) is 0 Å². The van der Waals surface area contributed by atoms with Gasteiger partial charge in [0.15, 0.2) is 5.78 Å². The molecule has 88 valence electrons. The second kappa shape index (κ2) is 5.79. The Kier molecular flexibility index (Phi) is 4.67. The van der Waals surface area contributed by atoms with E-state index in [-0.39, 0.29) is 29.3 Å². The standard InChI is InChI=1S/C10H9BrF2O3/c11-4-3-9(15)7-5-6(16-10(12)13)1-2-8(7)14/h1-2,5,10,14H,3-4H2. The summed E-state index contributed by atoms with van der Waals surface area (Å²) in [6, 6.07) is 3.43. The van der Waals surface area contributed by atoms with E-state index in [0.29, 0.717) is 5.33 Å². The third kappa shape index (κ3) is 3.44. The van der Waals surface area contributed by atoms with Gasteiger partial charge in [0.1, 0.15) is 11.5 Å². The lowest BCUT2D eigenvalue weighted by Gasteiger charge is -2.07. The molecule has 0 radical (unpaired) electrons. The first kappa shape index (κ1) is 12.9. The molecule has 0 unspecified atom stereocenters. The van der Waals surface area contributed by atoms with Crippen molar-refractivity contribution >= 4 is 21.7 Å². The summed E-state index contributed by atoms with van der Waals surface area (Å²) in [5.41, 5.74) is -0.0161. The Labute approximate surface area is 99.2 Å². The lowest BCUT2D eigenvalue weighted by atomic mass is 10.1. The fraction of sp³-hybridized carbons (Fsp3) is 0.300. The van der Waals surface area contributed by atoms with E-state index in [9.17, 15) is 18.7 Å². The molecule has 0 aliphatic rings. The first-order chi connectivity index (χ1) is 7.54. The van der Waals surface area contributed by atoms with E-state index in [2.05, 4.69) is 20.7 Å². The summed E-state index contributed by atoms with van der Waals surface area (Å²) in [4.78, 5) is 11.5. The number of halogens is 3. The molecule has 0 fully saturated rings. The van der Waals surface area contributed by atoms with E-state index >= 15 is 0 Å². The fourth-order valence-corrected chi connectivity index (χ4v) is 1.50. The quantitative estimate of drug-likeness (QED) is 0.671. The molecule has 1 rings (SSSR count). The van der Waals surface area contributed by atoms with Crippen LogP contribution in [0.2, 0.25) is 0 Å². The van der Waals surface area contributed by atoms with Gasteiger partial charge in [0.25, 0.3) is 0 Å². The topological polar surface area (TPSA) is 46.5 Å². The van der Waals surface area contributed by atoms with Crippen LogP contribution in [0, 0.1) is 0 Å². The molecule has 0 heterocycles. The number of hydrogen-bond donors (Lipinski definition) is 1. The third-order valence-corrected chi connectivity index (χ3v) is 2.21. The van der Waals surface area contributed by atoms with Crippen LogP contribution in [0.1, 0.15) is 16.8 Å². The Morgan fingerprint density at radius 2 is 2.19 bits per heavy atom. The van der Waals surface area contributed by atoms with E-state index in [0.717, 1.165) is 12.1 Å². The molecule has 6 heteroatoms. The molecule has 0 saturated carbocycles. The van der Waals surface area contributed by atoms with Gasteiger partial charge in [-0.2, -0.15) is 8.78 Å². The summed E-state index contributed by atoms with van der Waals surface area (Å²) in [5, 5.41) is 9.82. The lowest BCUT2D eigenvalue weighted by molar-refractivity contribution is -0.0499. The summed E-state index contributed by atoms with van der Waals surface area (Å²) >= 11 is 3.08. The molecule has 0 saturated heterocycles. The van der Waals surface area contributed by atoms with Gasteiger partial charge in [-0.25, -0.2) is 0 Å². The molecule has 0 aromatic heterocycles. The average molecular weight is 295 g/mol. The molecule has 0 aliphatic carbocycles. The zero-order chi connectivity index (χ0) is 12.1. The lowest BCUT2D eigenvalue weighted by Crippen LogP contribution is -2.04. The molecule has 0 spiro atoms. The van der Waals surface area contributed by atoms with E-state index < -0.39 is 6.61 Å². The first-order valence-electron chi connectivity index (χ1n) is 4.41. The number of ether oxygens (including phenoxy) is 1. The van der Waals surface area contributed by atoms with Crippen molar-refractivity contribution < 1.29 is 23.4 Å². The normalized spacial score (nSPS) is 10.5. The summed E-state index contributed by atoms with van der Waals surface area (Å²) in [7, 11) is 0. The van der Waals surface area contributed by atoms with Gasteiger partial charge in [-0.05, 0) is 18.2 Å². The van der Waals surface area contributed by atoms with Gasteiger partial charge >= 0.3 is 6.61 Å². The number of carbonyl (C=O) groups is 1. The number of hydrogen-bond acceptors (Lipinski definition) is 3. The third-order valence-electron chi connectivity index (χ3n) is 1.82. The van der Waals surface area contributed by atoms with E-state index in [1.807, 2.05) is 0 Å². The highest BCUT2D eigenvalue weighted by molar-refractivity contribution is 9.09. The van der Waals surface area contributed by atoms with Crippen LogP contribution in [0.15, 0.2) is 18.2 Å². The predicted octanol–water partition coefficient (Wildman–Crippen LogP) is 2.96. The zero-order valence-electron chi connectivity index (χ0n) is 8.12. The molecule has 1 N–H and O–H groups in total. The number of rotatable bonds is 5. The maximum Gasteiger partial charge on any atom is 0.387 e. The van der Waals surface area contributed by atoms with Crippen LogP contribution in [-0.4, -0.2) is 22.8 Å². The summed E-state index contributed by atoms with van der Waals surface area (Å²) in [6.07, 6.45) is 0.172. The van der Waals surface area contributed by atoms with Gasteiger partial charge in [-0.1, -0.05) is 15.9 Å². The van der Waals surface area contributed by atoms with Crippen molar-refractivity contribution in [3.05, 3.63) is 23.8 Å². The Bertz CT molecular complexity index is 382. The minimum Gasteiger partial charge on any atom is -0.507 e. The van der Waals surface area contributed by atoms with Crippen molar-refractivity contribution in [2.45, 2.75) is 13.0 Å². The summed E-state index contributed by atoms with van der Waals surface area (Å²) < 4.78 is 28.0. The van der Waals surface area contributed by atoms with Gasteiger partial charge < -0.3 is 9.84 Å². The van der Waals surface area contributed by atoms with E-state index in [4.69, 9.17) is 0 Å². The number of aromatic hydroxyl groups is 1. The van der Waals surface area contributed by atoms with Crippen molar-refractivity contribution in [2.75, 3.05) is 5.33 Å². The van der Waals surface area contributed by atoms with Gasteiger partial charge in [0.2, 0.25) is 0 Å². The smallest absolute Gasteiger partial charge is 0.387 e. The molecule has 1 aromatic carbocycles. The van der Waals surface area contributed by atoms with Crippen LogP contribution in [0.3, 0.4) is 0 Å². The molecular weight excluding hydrogens is 286 g/mol. The maximum atomic E-state index is 11.9. The highest BCUT2D eigenvalue weighted by Gasteiger charge is 2.13. The highest BCUT2D eigenvalue weighted by Crippen LogP contribution is 2.25. The maximum absolute atomic E-state index is 11.9. The summed E-state index contributed by atoms with van der Waals surface area (Å²) in [5.74, 6) is -0.729. The van der Waals surface area contributed by atoms with Gasteiger partial charge in [-0.3, -0.25) is 4.79 Å². The van der Waals surface area contributed by atoms with Crippen molar-refractivity contribution in [3.63, 3.8) is 0 Å². The second-order valence-corrected chi connectivity index (χ2v) is 3.71. The zero-order valence-corrected chi connectivity index (χ0v) is 9.71. The second-order valence-electron chi connectivity index (χ2n) is 2.92. The molecule has 3 nitrogen and oxygen atoms in total. The molecular formula is C10H9BrF2O3. The first-order valence-corrected chi connectivity index (χ1v) is 5.53. The van der Waals surface area contributed by atoms with Crippen molar-refractivity contribution in [2.24, 2.45) is 0 Å². The van der Waals surface area contributed by atoms with Crippen LogP contribution in [0.5, 0.6) is 11.5 Å². The number of ketones is 1. The predicted molar refractivity (Wildman–Crippen MR) is 57.5 cm³/mol.